The van der Waals surface area contributed by atoms with E-state index in [-0.39, 0.29) is 0 Å². The van der Waals surface area contributed by atoms with Gasteiger partial charge in [0.05, 0.1) is 0 Å². The van der Waals surface area contributed by atoms with E-state index in [1.165, 1.54) is 58.2 Å². The monoisotopic (exact) mass is 279 g/mol. The van der Waals surface area contributed by atoms with Crippen LogP contribution in [0.5, 0.6) is 0 Å². The quantitative estimate of drug-likeness (QED) is 0.855. The van der Waals surface area contributed by atoms with E-state index in [1.807, 2.05) is 0 Å². The molecule has 0 aromatic carbocycles. The van der Waals surface area contributed by atoms with Gasteiger partial charge in [0.2, 0.25) is 0 Å². The number of fused-ring (bicyclic) bond motifs is 2. The summed E-state index contributed by atoms with van der Waals surface area (Å²) in [5.41, 5.74) is 0. The van der Waals surface area contributed by atoms with E-state index >= 15 is 0 Å². The van der Waals surface area contributed by atoms with Crippen LogP contribution in [0.3, 0.4) is 0 Å². The van der Waals surface area contributed by atoms with Crippen LogP contribution in [0.25, 0.3) is 0 Å². The summed E-state index contributed by atoms with van der Waals surface area (Å²) in [4.78, 5) is 5.27. The summed E-state index contributed by atoms with van der Waals surface area (Å²) in [5, 5.41) is 4.05. The molecule has 0 aliphatic carbocycles. The highest BCUT2D eigenvalue weighted by Crippen LogP contribution is 2.33. The maximum Gasteiger partial charge on any atom is 0.0120 e. The van der Waals surface area contributed by atoms with Crippen molar-refractivity contribution in [2.75, 3.05) is 26.7 Å². The van der Waals surface area contributed by atoms with E-state index in [2.05, 4.69) is 36.0 Å². The van der Waals surface area contributed by atoms with Crippen molar-refractivity contribution in [3.05, 3.63) is 0 Å². The van der Waals surface area contributed by atoms with E-state index in [0.29, 0.717) is 0 Å². The molecule has 3 saturated heterocycles. The SMILES string of the molecule is CCN1CC[C@H](NC2C[C@H]3CCC[C@@H](C2)N3C)[C@H](C)C1. The Balaban J connectivity index is 1.53. The summed E-state index contributed by atoms with van der Waals surface area (Å²) < 4.78 is 0. The molecule has 0 spiro atoms. The molecule has 5 atom stereocenters. The average Bonchev–Trinajstić information content (AvgIpc) is 2.42. The van der Waals surface area contributed by atoms with Crippen LogP contribution < -0.4 is 5.32 Å². The molecular formula is C17H33N3. The number of piperidine rings is 3. The summed E-state index contributed by atoms with van der Waals surface area (Å²) in [6.07, 6.45) is 8.42. The summed E-state index contributed by atoms with van der Waals surface area (Å²) in [6, 6.07) is 3.24. The first-order chi connectivity index (χ1) is 9.67. The van der Waals surface area contributed by atoms with E-state index in [4.69, 9.17) is 0 Å². The lowest BCUT2D eigenvalue weighted by atomic mass is 9.81. The first-order valence-corrected chi connectivity index (χ1v) is 8.87. The number of likely N-dealkylation sites (tertiary alicyclic amines) is 1. The molecule has 3 aliphatic rings. The van der Waals surface area contributed by atoms with Gasteiger partial charge in [-0.05, 0) is 58.2 Å². The minimum absolute atomic E-state index is 0.756. The molecule has 0 aromatic heterocycles. The fraction of sp³-hybridized carbons (Fsp3) is 1.00. The van der Waals surface area contributed by atoms with Gasteiger partial charge in [0, 0.05) is 30.7 Å². The first-order valence-electron chi connectivity index (χ1n) is 8.87. The van der Waals surface area contributed by atoms with Gasteiger partial charge in [-0.15, -0.1) is 0 Å². The molecule has 0 radical (unpaired) electrons. The predicted octanol–water partition coefficient (Wildman–Crippen LogP) is 2.32. The van der Waals surface area contributed by atoms with Crippen molar-refractivity contribution in [1.29, 1.82) is 0 Å². The van der Waals surface area contributed by atoms with Crippen LogP contribution in [-0.2, 0) is 0 Å². The fourth-order valence-corrected chi connectivity index (χ4v) is 4.82. The smallest absolute Gasteiger partial charge is 0.0120 e. The van der Waals surface area contributed by atoms with Gasteiger partial charge in [-0.1, -0.05) is 20.3 Å². The Morgan fingerprint density at radius 1 is 1.10 bits per heavy atom. The second-order valence-electron chi connectivity index (χ2n) is 7.50. The van der Waals surface area contributed by atoms with Crippen molar-refractivity contribution in [3.63, 3.8) is 0 Å². The Labute approximate surface area is 125 Å². The molecule has 1 N–H and O–H groups in total. The Morgan fingerprint density at radius 2 is 1.80 bits per heavy atom. The van der Waals surface area contributed by atoms with Crippen LogP contribution in [-0.4, -0.2) is 60.6 Å². The summed E-state index contributed by atoms with van der Waals surface area (Å²) in [5.74, 6) is 0.809. The third-order valence-corrected chi connectivity index (χ3v) is 6.23. The number of rotatable bonds is 3. The highest BCUT2D eigenvalue weighted by atomic mass is 15.2. The molecule has 3 heterocycles. The lowest BCUT2D eigenvalue weighted by molar-refractivity contribution is 0.0387. The minimum atomic E-state index is 0.756. The van der Waals surface area contributed by atoms with E-state index in [9.17, 15) is 0 Å². The Hall–Kier alpha value is -0.120. The van der Waals surface area contributed by atoms with Crippen molar-refractivity contribution in [2.45, 2.75) is 76.5 Å². The van der Waals surface area contributed by atoms with Gasteiger partial charge in [0.1, 0.15) is 0 Å². The average molecular weight is 279 g/mol. The van der Waals surface area contributed by atoms with E-state index in [0.717, 1.165) is 30.1 Å². The van der Waals surface area contributed by atoms with Gasteiger partial charge in [-0.2, -0.15) is 0 Å². The van der Waals surface area contributed by atoms with Crippen LogP contribution >= 0.6 is 0 Å². The molecule has 2 bridgehead atoms. The van der Waals surface area contributed by atoms with Crippen LogP contribution in [0.15, 0.2) is 0 Å². The molecule has 1 unspecified atom stereocenters. The molecule has 0 aromatic rings. The molecule has 116 valence electrons. The number of hydrogen-bond donors (Lipinski definition) is 1. The largest absolute Gasteiger partial charge is 0.311 e. The molecular weight excluding hydrogens is 246 g/mol. The molecule has 20 heavy (non-hydrogen) atoms. The Bertz CT molecular complexity index is 305. The molecule has 0 saturated carbocycles. The van der Waals surface area contributed by atoms with Crippen molar-refractivity contribution >= 4 is 0 Å². The van der Waals surface area contributed by atoms with Gasteiger partial charge in [-0.3, -0.25) is 0 Å². The Morgan fingerprint density at radius 3 is 2.40 bits per heavy atom. The molecule has 3 aliphatic heterocycles. The normalized spacial score (nSPS) is 43.6. The lowest BCUT2D eigenvalue weighted by Crippen LogP contribution is -2.58. The topological polar surface area (TPSA) is 18.5 Å². The Kier molecular flexibility index (Phi) is 4.68. The third kappa shape index (κ3) is 3.05. The molecule has 3 fully saturated rings. The predicted molar refractivity (Wildman–Crippen MR) is 85.0 cm³/mol. The van der Waals surface area contributed by atoms with E-state index < -0.39 is 0 Å². The van der Waals surface area contributed by atoms with Crippen LogP contribution in [0.2, 0.25) is 0 Å². The van der Waals surface area contributed by atoms with Crippen LogP contribution in [0.4, 0.5) is 0 Å². The number of hydrogen-bond acceptors (Lipinski definition) is 3. The maximum absolute atomic E-state index is 4.05. The maximum atomic E-state index is 4.05. The summed E-state index contributed by atoms with van der Waals surface area (Å²) >= 11 is 0. The number of nitrogens with one attached hydrogen (secondary N) is 1. The first kappa shape index (κ1) is 14.8. The lowest BCUT2D eigenvalue weighted by Gasteiger charge is -2.49. The van der Waals surface area contributed by atoms with Crippen molar-refractivity contribution < 1.29 is 0 Å². The zero-order valence-corrected chi connectivity index (χ0v) is 13.6. The minimum Gasteiger partial charge on any atom is -0.311 e. The molecule has 0 amide bonds. The highest BCUT2D eigenvalue weighted by molar-refractivity contribution is 4.95. The van der Waals surface area contributed by atoms with Crippen molar-refractivity contribution in [2.24, 2.45) is 5.92 Å². The second kappa shape index (κ2) is 6.33. The van der Waals surface area contributed by atoms with Crippen LogP contribution in [0.1, 0.15) is 52.4 Å². The van der Waals surface area contributed by atoms with Gasteiger partial charge < -0.3 is 15.1 Å². The van der Waals surface area contributed by atoms with Crippen molar-refractivity contribution in [1.82, 2.24) is 15.1 Å². The standard InChI is InChI=1S/C17H33N3/c1-4-20-9-8-17(13(2)12-20)18-14-10-15-6-5-7-16(11-14)19(15)3/h13-18H,4-12H2,1-3H3/t13-,14?,15-,16+,17+/m1/s1. The summed E-state index contributed by atoms with van der Waals surface area (Å²) in [6.45, 7) is 8.52. The van der Waals surface area contributed by atoms with Crippen LogP contribution in [0, 0.1) is 5.92 Å². The third-order valence-electron chi connectivity index (χ3n) is 6.23. The van der Waals surface area contributed by atoms with E-state index in [1.54, 1.807) is 0 Å². The fourth-order valence-electron chi connectivity index (χ4n) is 4.82. The number of nitrogens with zero attached hydrogens (tertiary/aromatic N) is 2. The van der Waals surface area contributed by atoms with Crippen molar-refractivity contribution in [3.8, 4) is 0 Å². The van der Waals surface area contributed by atoms with Gasteiger partial charge in [0.15, 0.2) is 0 Å². The van der Waals surface area contributed by atoms with Gasteiger partial charge in [0.25, 0.3) is 0 Å². The molecule has 3 rings (SSSR count). The highest BCUT2D eigenvalue weighted by Gasteiger charge is 2.37. The second-order valence-corrected chi connectivity index (χ2v) is 7.50. The zero-order chi connectivity index (χ0) is 14.1. The van der Waals surface area contributed by atoms with Gasteiger partial charge >= 0.3 is 0 Å². The zero-order valence-electron chi connectivity index (χ0n) is 13.6. The molecule has 3 nitrogen and oxygen atoms in total. The summed E-state index contributed by atoms with van der Waals surface area (Å²) in [7, 11) is 2.35. The van der Waals surface area contributed by atoms with Gasteiger partial charge in [-0.25, -0.2) is 0 Å². The molecule has 3 heteroatoms.